The van der Waals surface area contributed by atoms with Gasteiger partial charge in [-0.05, 0) is 71.7 Å². The lowest BCUT2D eigenvalue weighted by atomic mass is 10.1. The highest BCUT2D eigenvalue weighted by molar-refractivity contribution is 7.14. The van der Waals surface area contributed by atoms with Gasteiger partial charge in [-0.25, -0.2) is 9.59 Å². The second-order valence-electron chi connectivity index (χ2n) is 9.84. The number of hydrogen-bond donors (Lipinski definition) is 2. The average molecular weight is 474 g/mol. The van der Waals surface area contributed by atoms with Crippen LogP contribution in [0.3, 0.4) is 0 Å². The maximum Gasteiger partial charge on any atom is 0.412 e. The number of ether oxygens (including phenoxy) is 2. The number of amides is 3. The molecule has 0 saturated heterocycles. The van der Waals surface area contributed by atoms with Crippen LogP contribution in [0.2, 0.25) is 0 Å². The smallest absolute Gasteiger partial charge is 0.412 e. The molecule has 9 heteroatoms. The molecule has 0 radical (unpaired) electrons. The van der Waals surface area contributed by atoms with E-state index in [2.05, 4.69) is 10.6 Å². The summed E-state index contributed by atoms with van der Waals surface area (Å²) >= 11 is 1.36. The summed E-state index contributed by atoms with van der Waals surface area (Å²) in [4.78, 5) is 40.7. The molecule has 33 heavy (non-hydrogen) atoms. The quantitative estimate of drug-likeness (QED) is 0.601. The third-order valence-corrected chi connectivity index (χ3v) is 5.73. The molecule has 0 atom stereocenters. The first-order chi connectivity index (χ1) is 15.3. The zero-order valence-electron chi connectivity index (χ0n) is 19.9. The number of carbonyl (C=O) groups excluding carboxylic acids is 3. The van der Waals surface area contributed by atoms with Crippen LogP contribution in [0.4, 0.5) is 21.0 Å². The normalized spacial score (nSPS) is 13.7. The number of carbonyl (C=O) groups is 3. The number of fused-ring (bicyclic) bond motifs is 1. The molecule has 1 aliphatic heterocycles. The van der Waals surface area contributed by atoms with Gasteiger partial charge in [0, 0.05) is 11.4 Å². The number of hydrogen-bond acceptors (Lipinski definition) is 6. The monoisotopic (exact) mass is 473 g/mol. The average Bonchev–Trinajstić information content (AvgIpc) is 3.10. The minimum absolute atomic E-state index is 0.281. The lowest BCUT2D eigenvalue weighted by molar-refractivity contribution is 0.0226. The minimum Gasteiger partial charge on any atom is -0.444 e. The van der Waals surface area contributed by atoms with Gasteiger partial charge in [0.2, 0.25) is 0 Å². The van der Waals surface area contributed by atoms with Crippen molar-refractivity contribution in [2.24, 2.45) is 0 Å². The summed E-state index contributed by atoms with van der Waals surface area (Å²) in [6.07, 6.45) is -0.289. The number of nitrogens with zero attached hydrogens (tertiary/aromatic N) is 1. The molecule has 2 N–H and O–H groups in total. The van der Waals surface area contributed by atoms with Crippen LogP contribution in [-0.4, -0.2) is 40.7 Å². The SMILES string of the molecule is CC(C)(C)OC(=O)Nc1ccccc1NC(=O)c1cc2c(s1)CN(C(=O)OC(C)(C)C)CC2. The van der Waals surface area contributed by atoms with E-state index in [1.807, 2.05) is 26.8 Å². The van der Waals surface area contributed by atoms with Crippen LogP contribution in [0.15, 0.2) is 30.3 Å². The zero-order chi connectivity index (χ0) is 24.4. The standard InChI is InChI=1S/C24H31N3O5S/c1-23(2,3)31-21(29)26-17-10-8-7-9-16(17)25-20(28)18-13-15-11-12-27(14-19(15)33-18)22(30)32-24(4,5)6/h7-10,13H,11-12,14H2,1-6H3,(H,25,28)(H,26,29). The van der Waals surface area contributed by atoms with Crippen LogP contribution < -0.4 is 10.6 Å². The van der Waals surface area contributed by atoms with Crippen molar-refractivity contribution < 1.29 is 23.9 Å². The Balaban J connectivity index is 1.69. The van der Waals surface area contributed by atoms with E-state index in [-0.39, 0.29) is 12.0 Å². The highest BCUT2D eigenvalue weighted by Gasteiger charge is 2.28. The summed E-state index contributed by atoms with van der Waals surface area (Å²) in [5, 5.41) is 5.54. The molecule has 2 aromatic rings. The summed E-state index contributed by atoms with van der Waals surface area (Å²) in [5.41, 5.74) is 0.780. The second kappa shape index (κ2) is 9.43. The molecule has 0 spiro atoms. The van der Waals surface area contributed by atoms with Gasteiger partial charge in [-0.1, -0.05) is 12.1 Å². The minimum atomic E-state index is -0.633. The van der Waals surface area contributed by atoms with E-state index in [9.17, 15) is 14.4 Å². The summed E-state index contributed by atoms with van der Waals surface area (Å²) in [6.45, 7) is 11.8. The predicted octanol–water partition coefficient (Wildman–Crippen LogP) is 5.64. The molecule has 0 saturated carbocycles. The molecule has 3 amide bonds. The molecular formula is C24H31N3O5S. The van der Waals surface area contributed by atoms with Gasteiger partial charge in [-0.15, -0.1) is 11.3 Å². The fourth-order valence-electron chi connectivity index (χ4n) is 3.21. The molecule has 0 bridgehead atoms. The number of para-hydroxylation sites is 2. The molecule has 2 heterocycles. The van der Waals surface area contributed by atoms with Crippen LogP contribution in [0.25, 0.3) is 0 Å². The van der Waals surface area contributed by atoms with Crippen molar-refractivity contribution in [1.82, 2.24) is 4.90 Å². The van der Waals surface area contributed by atoms with E-state index in [1.54, 1.807) is 49.9 Å². The lowest BCUT2D eigenvalue weighted by Gasteiger charge is -2.29. The van der Waals surface area contributed by atoms with E-state index in [0.29, 0.717) is 35.8 Å². The Labute approximate surface area is 198 Å². The van der Waals surface area contributed by atoms with Gasteiger partial charge in [-0.3, -0.25) is 10.1 Å². The van der Waals surface area contributed by atoms with Crippen LogP contribution in [-0.2, 0) is 22.4 Å². The van der Waals surface area contributed by atoms with E-state index in [0.717, 1.165) is 10.4 Å². The van der Waals surface area contributed by atoms with Crippen molar-refractivity contribution in [3.63, 3.8) is 0 Å². The van der Waals surface area contributed by atoms with Gasteiger partial charge < -0.3 is 19.7 Å². The zero-order valence-corrected chi connectivity index (χ0v) is 20.7. The Kier molecular flexibility index (Phi) is 7.02. The predicted molar refractivity (Wildman–Crippen MR) is 129 cm³/mol. The molecule has 178 valence electrons. The van der Waals surface area contributed by atoms with Gasteiger partial charge >= 0.3 is 12.2 Å². The Morgan fingerprint density at radius 2 is 1.55 bits per heavy atom. The van der Waals surface area contributed by atoms with Gasteiger partial charge in [0.25, 0.3) is 5.91 Å². The molecule has 1 aliphatic rings. The van der Waals surface area contributed by atoms with E-state index < -0.39 is 17.3 Å². The molecule has 0 aliphatic carbocycles. The Morgan fingerprint density at radius 3 is 2.15 bits per heavy atom. The van der Waals surface area contributed by atoms with Gasteiger partial charge in [0.1, 0.15) is 11.2 Å². The highest BCUT2D eigenvalue weighted by atomic mass is 32.1. The van der Waals surface area contributed by atoms with Crippen LogP contribution in [0.5, 0.6) is 0 Å². The van der Waals surface area contributed by atoms with Crippen molar-refractivity contribution in [3.05, 3.63) is 45.6 Å². The molecule has 1 aromatic carbocycles. The van der Waals surface area contributed by atoms with Crippen molar-refractivity contribution >= 4 is 40.8 Å². The fourth-order valence-corrected chi connectivity index (χ4v) is 4.34. The number of anilines is 2. The maximum atomic E-state index is 13.0. The Hall–Kier alpha value is -3.07. The number of thiophene rings is 1. The molecule has 1 aromatic heterocycles. The van der Waals surface area contributed by atoms with E-state index >= 15 is 0 Å². The topological polar surface area (TPSA) is 97.0 Å². The van der Waals surface area contributed by atoms with Crippen LogP contribution in [0, 0.1) is 0 Å². The van der Waals surface area contributed by atoms with Crippen LogP contribution >= 0.6 is 11.3 Å². The summed E-state index contributed by atoms with van der Waals surface area (Å²) in [6, 6.07) is 8.80. The highest BCUT2D eigenvalue weighted by Crippen LogP contribution is 2.30. The Bertz CT molecular complexity index is 1050. The lowest BCUT2D eigenvalue weighted by Crippen LogP contribution is -2.39. The van der Waals surface area contributed by atoms with Crippen LogP contribution in [0.1, 0.15) is 61.7 Å². The third kappa shape index (κ3) is 6.95. The van der Waals surface area contributed by atoms with Gasteiger partial charge in [0.05, 0.1) is 22.8 Å². The fraction of sp³-hybridized carbons (Fsp3) is 0.458. The summed E-state index contributed by atoms with van der Waals surface area (Å²) in [5.74, 6) is -0.281. The molecular weight excluding hydrogens is 442 g/mol. The number of benzene rings is 1. The van der Waals surface area contributed by atoms with Gasteiger partial charge in [-0.2, -0.15) is 0 Å². The van der Waals surface area contributed by atoms with Crippen molar-refractivity contribution in [3.8, 4) is 0 Å². The van der Waals surface area contributed by atoms with Crippen molar-refractivity contribution in [1.29, 1.82) is 0 Å². The van der Waals surface area contributed by atoms with E-state index in [4.69, 9.17) is 9.47 Å². The summed E-state index contributed by atoms with van der Waals surface area (Å²) < 4.78 is 10.8. The first-order valence-electron chi connectivity index (χ1n) is 10.8. The maximum absolute atomic E-state index is 13.0. The van der Waals surface area contributed by atoms with Gasteiger partial charge in [0.15, 0.2) is 0 Å². The molecule has 0 fully saturated rings. The number of rotatable bonds is 3. The molecule has 8 nitrogen and oxygen atoms in total. The first kappa shape index (κ1) is 24.6. The third-order valence-electron chi connectivity index (χ3n) is 4.57. The van der Waals surface area contributed by atoms with Crippen molar-refractivity contribution in [2.75, 3.05) is 17.2 Å². The first-order valence-corrected chi connectivity index (χ1v) is 11.6. The molecule has 0 unspecified atom stereocenters. The molecule has 3 rings (SSSR count). The van der Waals surface area contributed by atoms with E-state index in [1.165, 1.54) is 11.3 Å². The Morgan fingerprint density at radius 1 is 0.939 bits per heavy atom. The number of nitrogens with one attached hydrogen (secondary N) is 2. The van der Waals surface area contributed by atoms with Crippen molar-refractivity contribution in [2.45, 2.75) is 65.7 Å². The summed E-state index contributed by atoms with van der Waals surface area (Å²) in [7, 11) is 0. The largest absolute Gasteiger partial charge is 0.444 e. The second-order valence-corrected chi connectivity index (χ2v) is 11.0.